The van der Waals surface area contributed by atoms with Crippen molar-refractivity contribution in [3.8, 4) is 0 Å². The van der Waals surface area contributed by atoms with Crippen LogP contribution in [-0.2, 0) is 20.7 Å². The molecule has 3 aromatic rings. The second-order valence-corrected chi connectivity index (χ2v) is 7.45. The van der Waals surface area contributed by atoms with Crippen LogP contribution in [0.25, 0.3) is 10.9 Å². The van der Waals surface area contributed by atoms with Gasteiger partial charge < -0.3 is 25.3 Å². The van der Waals surface area contributed by atoms with E-state index in [1.54, 1.807) is 0 Å². The summed E-state index contributed by atoms with van der Waals surface area (Å²) in [5.74, 6) is -0.479. The molecule has 1 saturated heterocycles. The molecule has 156 valence electrons. The van der Waals surface area contributed by atoms with Gasteiger partial charge in [-0.1, -0.05) is 18.2 Å². The van der Waals surface area contributed by atoms with Gasteiger partial charge in [0.25, 0.3) is 0 Å². The zero-order chi connectivity index (χ0) is 20.9. The first kappa shape index (κ1) is 20.0. The van der Waals surface area contributed by atoms with Crippen LogP contribution in [0, 0.1) is 0 Å². The fraction of sp³-hybridized carbons (Fsp3) is 0.304. The fourth-order valence-corrected chi connectivity index (χ4v) is 3.78. The highest BCUT2D eigenvalue weighted by Gasteiger charge is 2.22. The van der Waals surface area contributed by atoms with Crippen LogP contribution in [-0.4, -0.2) is 49.1 Å². The molecule has 7 heteroatoms. The van der Waals surface area contributed by atoms with Crippen molar-refractivity contribution < 1.29 is 14.3 Å². The van der Waals surface area contributed by atoms with Gasteiger partial charge in [-0.05, 0) is 35.9 Å². The Morgan fingerprint density at radius 2 is 1.83 bits per heavy atom. The van der Waals surface area contributed by atoms with Crippen LogP contribution in [0.1, 0.15) is 12.5 Å². The molecule has 1 aliphatic heterocycles. The molecular weight excluding hydrogens is 380 g/mol. The lowest BCUT2D eigenvalue weighted by Crippen LogP contribution is -2.44. The molecule has 2 aromatic carbocycles. The topological polar surface area (TPSA) is 86.5 Å². The van der Waals surface area contributed by atoms with Gasteiger partial charge in [0, 0.05) is 54.9 Å². The van der Waals surface area contributed by atoms with Crippen molar-refractivity contribution in [1.29, 1.82) is 0 Å². The summed E-state index contributed by atoms with van der Waals surface area (Å²) in [4.78, 5) is 30.1. The van der Waals surface area contributed by atoms with Crippen LogP contribution in [0.4, 0.5) is 11.4 Å². The highest BCUT2D eigenvalue weighted by Crippen LogP contribution is 2.21. The smallest absolute Gasteiger partial charge is 0.247 e. The Labute approximate surface area is 175 Å². The summed E-state index contributed by atoms with van der Waals surface area (Å²) >= 11 is 0. The Kier molecular flexibility index (Phi) is 5.99. The molecule has 1 aliphatic rings. The first-order chi connectivity index (χ1) is 14.6. The molecule has 1 fully saturated rings. The van der Waals surface area contributed by atoms with Gasteiger partial charge in [-0.2, -0.15) is 0 Å². The number of carbonyl (C=O) groups is 2. The molecule has 1 atom stereocenters. The summed E-state index contributed by atoms with van der Waals surface area (Å²) in [6.07, 6.45) is 2.30. The molecular formula is C23H26N4O3. The Morgan fingerprint density at radius 3 is 2.57 bits per heavy atom. The SMILES string of the molecule is CC(=O)N[C@H](Cc1c[nH]c2ccccc12)C(=O)Nc1ccc(N2CCOCC2)cc1. The highest BCUT2D eigenvalue weighted by atomic mass is 16.5. The molecule has 2 amide bonds. The lowest BCUT2D eigenvalue weighted by atomic mass is 10.0. The van der Waals surface area contributed by atoms with Crippen molar-refractivity contribution in [3.63, 3.8) is 0 Å². The van der Waals surface area contributed by atoms with E-state index >= 15 is 0 Å². The fourth-order valence-electron chi connectivity index (χ4n) is 3.78. The maximum Gasteiger partial charge on any atom is 0.247 e. The zero-order valence-electron chi connectivity index (χ0n) is 17.0. The number of aromatic nitrogens is 1. The number of carbonyl (C=O) groups excluding carboxylic acids is 2. The van der Waals surface area contributed by atoms with Crippen molar-refractivity contribution in [1.82, 2.24) is 10.3 Å². The van der Waals surface area contributed by atoms with E-state index in [0.717, 1.165) is 48.5 Å². The van der Waals surface area contributed by atoms with E-state index < -0.39 is 6.04 Å². The van der Waals surface area contributed by atoms with E-state index in [4.69, 9.17) is 4.74 Å². The van der Waals surface area contributed by atoms with Crippen LogP contribution in [0.15, 0.2) is 54.7 Å². The number of H-pyrrole nitrogens is 1. The van der Waals surface area contributed by atoms with Gasteiger partial charge in [0.2, 0.25) is 11.8 Å². The van der Waals surface area contributed by atoms with Crippen LogP contribution in [0.3, 0.4) is 0 Å². The average molecular weight is 406 g/mol. The van der Waals surface area contributed by atoms with E-state index in [1.165, 1.54) is 6.92 Å². The Balaban J connectivity index is 1.46. The van der Waals surface area contributed by atoms with Crippen molar-refractivity contribution in [2.45, 2.75) is 19.4 Å². The summed E-state index contributed by atoms with van der Waals surface area (Å²) in [6, 6.07) is 15.0. The van der Waals surface area contributed by atoms with Gasteiger partial charge in [-0.25, -0.2) is 0 Å². The standard InChI is InChI=1S/C23H26N4O3/c1-16(28)25-22(14-17-15-24-21-5-3-2-4-20(17)21)23(29)26-18-6-8-19(9-7-18)27-10-12-30-13-11-27/h2-9,15,22,24H,10-14H2,1H3,(H,25,28)(H,26,29)/t22-/m1/s1. The number of rotatable bonds is 6. The van der Waals surface area contributed by atoms with Gasteiger partial charge in [0.05, 0.1) is 13.2 Å². The average Bonchev–Trinajstić information content (AvgIpc) is 3.17. The number of ether oxygens (including phenoxy) is 1. The van der Waals surface area contributed by atoms with E-state index in [-0.39, 0.29) is 11.8 Å². The summed E-state index contributed by atoms with van der Waals surface area (Å²) in [7, 11) is 0. The second kappa shape index (κ2) is 9.00. The van der Waals surface area contributed by atoms with Gasteiger partial charge in [0.1, 0.15) is 6.04 Å². The molecule has 0 unspecified atom stereocenters. The Morgan fingerprint density at radius 1 is 1.10 bits per heavy atom. The number of hydrogen-bond acceptors (Lipinski definition) is 4. The number of amides is 2. The van der Waals surface area contributed by atoms with Gasteiger partial charge >= 0.3 is 0 Å². The van der Waals surface area contributed by atoms with Gasteiger partial charge in [-0.3, -0.25) is 9.59 Å². The third kappa shape index (κ3) is 4.63. The molecule has 3 N–H and O–H groups in total. The van der Waals surface area contributed by atoms with E-state index in [1.807, 2.05) is 54.7 Å². The lowest BCUT2D eigenvalue weighted by molar-refractivity contribution is -0.125. The first-order valence-corrected chi connectivity index (χ1v) is 10.2. The monoisotopic (exact) mass is 406 g/mol. The number of para-hydroxylation sites is 1. The van der Waals surface area contributed by atoms with Crippen LogP contribution < -0.4 is 15.5 Å². The largest absolute Gasteiger partial charge is 0.378 e. The third-order valence-electron chi connectivity index (χ3n) is 5.30. The number of anilines is 2. The summed E-state index contributed by atoms with van der Waals surface area (Å²) in [5, 5.41) is 6.76. The van der Waals surface area contributed by atoms with Crippen LogP contribution >= 0.6 is 0 Å². The minimum Gasteiger partial charge on any atom is -0.378 e. The number of fused-ring (bicyclic) bond motifs is 1. The molecule has 0 aliphatic carbocycles. The molecule has 30 heavy (non-hydrogen) atoms. The summed E-state index contributed by atoms with van der Waals surface area (Å²) in [6.45, 7) is 4.60. The van der Waals surface area contributed by atoms with E-state index in [9.17, 15) is 9.59 Å². The van der Waals surface area contributed by atoms with Gasteiger partial charge in [0.15, 0.2) is 0 Å². The number of nitrogens with zero attached hydrogens (tertiary/aromatic N) is 1. The number of aromatic amines is 1. The lowest BCUT2D eigenvalue weighted by Gasteiger charge is -2.29. The highest BCUT2D eigenvalue weighted by molar-refractivity contribution is 5.97. The molecule has 4 rings (SSSR count). The number of benzene rings is 2. The second-order valence-electron chi connectivity index (χ2n) is 7.45. The minimum absolute atomic E-state index is 0.238. The van der Waals surface area contributed by atoms with Gasteiger partial charge in [-0.15, -0.1) is 0 Å². The van der Waals surface area contributed by atoms with Crippen molar-refractivity contribution in [2.75, 3.05) is 36.5 Å². The molecule has 2 heterocycles. The molecule has 1 aromatic heterocycles. The van der Waals surface area contributed by atoms with Crippen molar-refractivity contribution in [3.05, 3.63) is 60.3 Å². The number of nitrogens with one attached hydrogen (secondary N) is 3. The van der Waals surface area contributed by atoms with E-state index in [2.05, 4.69) is 20.5 Å². The first-order valence-electron chi connectivity index (χ1n) is 10.2. The van der Waals surface area contributed by atoms with Crippen molar-refractivity contribution >= 4 is 34.1 Å². The molecule has 7 nitrogen and oxygen atoms in total. The van der Waals surface area contributed by atoms with Crippen molar-refractivity contribution in [2.24, 2.45) is 0 Å². The maximum absolute atomic E-state index is 12.9. The predicted octanol–water partition coefficient (Wildman–Crippen LogP) is 2.69. The molecule has 0 saturated carbocycles. The van der Waals surface area contributed by atoms with E-state index in [0.29, 0.717) is 12.1 Å². The maximum atomic E-state index is 12.9. The molecule has 0 bridgehead atoms. The zero-order valence-corrected chi connectivity index (χ0v) is 17.0. The molecule has 0 radical (unpaired) electrons. The molecule has 0 spiro atoms. The Bertz CT molecular complexity index is 1020. The number of morpholine rings is 1. The third-order valence-corrected chi connectivity index (χ3v) is 5.30. The minimum atomic E-state index is -0.666. The van der Waals surface area contributed by atoms with Crippen LogP contribution in [0.2, 0.25) is 0 Å². The predicted molar refractivity (Wildman–Crippen MR) is 118 cm³/mol. The quantitative estimate of drug-likeness (QED) is 0.588. The Hall–Kier alpha value is -3.32. The van der Waals surface area contributed by atoms with Crippen LogP contribution in [0.5, 0.6) is 0 Å². The number of hydrogen-bond donors (Lipinski definition) is 3. The summed E-state index contributed by atoms with van der Waals surface area (Å²) in [5.41, 5.74) is 3.80. The summed E-state index contributed by atoms with van der Waals surface area (Å²) < 4.78 is 5.39. The normalized spacial score (nSPS) is 15.0.